The number of halogens is 1. The molecule has 0 aliphatic carbocycles. The molecule has 108 valence electrons. The summed E-state index contributed by atoms with van der Waals surface area (Å²) in [6.45, 7) is 9.15. The molecular weight excluding hydrogens is 322 g/mol. The Morgan fingerprint density at radius 2 is 2.11 bits per heavy atom. The average Bonchev–Trinajstić information content (AvgIpc) is 2.37. The van der Waals surface area contributed by atoms with Gasteiger partial charge in [0.2, 0.25) is 0 Å². The maximum absolute atomic E-state index is 5.97. The SMILES string of the molecule is CCCNCc1cc(Br)cc(C)c1OCCSCC. The molecule has 0 bridgehead atoms. The first-order chi connectivity index (χ1) is 9.19. The summed E-state index contributed by atoms with van der Waals surface area (Å²) in [5.74, 6) is 3.24. The fourth-order valence-corrected chi connectivity index (χ4v) is 2.99. The molecule has 0 aliphatic heterocycles. The van der Waals surface area contributed by atoms with Gasteiger partial charge < -0.3 is 10.1 Å². The monoisotopic (exact) mass is 345 g/mol. The Kier molecular flexibility index (Phi) is 8.58. The fraction of sp³-hybridized carbons (Fsp3) is 0.600. The van der Waals surface area contributed by atoms with Crippen LogP contribution in [0.2, 0.25) is 0 Å². The zero-order valence-corrected chi connectivity index (χ0v) is 14.5. The van der Waals surface area contributed by atoms with Crippen molar-refractivity contribution in [3.8, 4) is 5.75 Å². The third kappa shape index (κ3) is 6.19. The van der Waals surface area contributed by atoms with Gasteiger partial charge in [0.05, 0.1) is 6.61 Å². The number of hydrogen-bond acceptors (Lipinski definition) is 3. The van der Waals surface area contributed by atoms with Gasteiger partial charge in [-0.2, -0.15) is 11.8 Å². The highest BCUT2D eigenvalue weighted by Gasteiger charge is 2.08. The summed E-state index contributed by atoms with van der Waals surface area (Å²) >= 11 is 5.48. The van der Waals surface area contributed by atoms with Crippen LogP contribution in [-0.4, -0.2) is 24.7 Å². The normalized spacial score (nSPS) is 10.7. The lowest BCUT2D eigenvalue weighted by Crippen LogP contribution is -2.15. The molecular formula is C15H24BrNOS. The first-order valence-corrected chi connectivity index (χ1v) is 8.84. The lowest BCUT2D eigenvalue weighted by molar-refractivity contribution is 0.336. The lowest BCUT2D eigenvalue weighted by Gasteiger charge is -2.15. The van der Waals surface area contributed by atoms with E-state index in [-0.39, 0.29) is 0 Å². The van der Waals surface area contributed by atoms with E-state index in [2.05, 4.69) is 54.2 Å². The molecule has 0 aliphatic rings. The summed E-state index contributed by atoms with van der Waals surface area (Å²) < 4.78 is 7.09. The van der Waals surface area contributed by atoms with E-state index in [1.807, 2.05) is 11.8 Å². The van der Waals surface area contributed by atoms with E-state index >= 15 is 0 Å². The number of benzene rings is 1. The first-order valence-electron chi connectivity index (χ1n) is 6.89. The van der Waals surface area contributed by atoms with Gasteiger partial charge in [0, 0.05) is 22.3 Å². The van der Waals surface area contributed by atoms with E-state index in [1.165, 1.54) is 11.1 Å². The van der Waals surface area contributed by atoms with E-state index in [1.54, 1.807) is 0 Å². The van der Waals surface area contributed by atoms with Gasteiger partial charge in [0.1, 0.15) is 5.75 Å². The average molecular weight is 346 g/mol. The van der Waals surface area contributed by atoms with Crippen molar-refractivity contribution in [3.05, 3.63) is 27.7 Å². The first kappa shape index (κ1) is 16.9. The van der Waals surface area contributed by atoms with Crippen molar-refractivity contribution in [3.63, 3.8) is 0 Å². The molecule has 0 unspecified atom stereocenters. The molecule has 0 saturated heterocycles. The zero-order chi connectivity index (χ0) is 14.1. The number of thioether (sulfide) groups is 1. The second-order valence-corrected chi connectivity index (χ2v) is 6.74. The molecule has 1 N–H and O–H groups in total. The molecule has 4 heteroatoms. The molecule has 0 amide bonds. The van der Waals surface area contributed by atoms with Crippen LogP contribution in [0.3, 0.4) is 0 Å². The standard InChI is InChI=1S/C15H24BrNOS/c1-4-6-17-11-13-10-14(16)9-12(3)15(13)18-7-8-19-5-2/h9-10,17H,4-8,11H2,1-3H3. The van der Waals surface area contributed by atoms with Gasteiger partial charge in [-0.3, -0.25) is 0 Å². The summed E-state index contributed by atoms with van der Waals surface area (Å²) in [7, 11) is 0. The molecule has 0 radical (unpaired) electrons. The Labute approximate surface area is 129 Å². The zero-order valence-electron chi connectivity index (χ0n) is 12.1. The molecule has 0 heterocycles. The van der Waals surface area contributed by atoms with E-state index in [4.69, 9.17) is 4.74 Å². The third-order valence-corrected chi connectivity index (χ3v) is 4.06. The molecule has 1 rings (SSSR count). The number of ether oxygens (including phenoxy) is 1. The molecule has 19 heavy (non-hydrogen) atoms. The van der Waals surface area contributed by atoms with E-state index in [0.29, 0.717) is 0 Å². The maximum Gasteiger partial charge on any atom is 0.126 e. The van der Waals surface area contributed by atoms with Crippen molar-refractivity contribution in [1.82, 2.24) is 5.32 Å². The van der Waals surface area contributed by atoms with E-state index in [0.717, 1.165) is 47.8 Å². The van der Waals surface area contributed by atoms with Crippen molar-refractivity contribution in [1.29, 1.82) is 0 Å². The van der Waals surface area contributed by atoms with Crippen LogP contribution in [0.15, 0.2) is 16.6 Å². The highest BCUT2D eigenvalue weighted by atomic mass is 79.9. The largest absolute Gasteiger partial charge is 0.492 e. The van der Waals surface area contributed by atoms with Crippen molar-refractivity contribution >= 4 is 27.7 Å². The van der Waals surface area contributed by atoms with Crippen LogP contribution in [0, 0.1) is 6.92 Å². The van der Waals surface area contributed by atoms with Crippen LogP contribution in [0.25, 0.3) is 0 Å². The van der Waals surface area contributed by atoms with Gasteiger partial charge in [0.15, 0.2) is 0 Å². The van der Waals surface area contributed by atoms with Gasteiger partial charge in [-0.1, -0.05) is 29.8 Å². The minimum Gasteiger partial charge on any atom is -0.492 e. The molecule has 0 atom stereocenters. The summed E-state index contributed by atoms with van der Waals surface area (Å²) in [6, 6.07) is 4.27. The second-order valence-electron chi connectivity index (χ2n) is 4.43. The predicted octanol–water partition coefficient (Wildman–Crippen LogP) is 4.39. The minimum atomic E-state index is 0.780. The van der Waals surface area contributed by atoms with E-state index in [9.17, 15) is 0 Å². The van der Waals surface area contributed by atoms with Crippen molar-refractivity contribution in [2.75, 3.05) is 24.7 Å². The van der Waals surface area contributed by atoms with Crippen LogP contribution < -0.4 is 10.1 Å². The van der Waals surface area contributed by atoms with E-state index < -0.39 is 0 Å². The van der Waals surface area contributed by atoms with Crippen molar-refractivity contribution in [2.45, 2.75) is 33.7 Å². The molecule has 0 saturated carbocycles. The minimum absolute atomic E-state index is 0.780. The number of hydrogen-bond donors (Lipinski definition) is 1. The maximum atomic E-state index is 5.97. The number of aryl methyl sites for hydroxylation is 1. The van der Waals surface area contributed by atoms with Gasteiger partial charge in [-0.15, -0.1) is 0 Å². The smallest absolute Gasteiger partial charge is 0.126 e. The Hall–Kier alpha value is -0.190. The number of nitrogens with one attached hydrogen (secondary N) is 1. The van der Waals surface area contributed by atoms with Crippen LogP contribution in [0.4, 0.5) is 0 Å². The van der Waals surface area contributed by atoms with Crippen LogP contribution in [-0.2, 0) is 6.54 Å². The summed E-state index contributed by atoms with van der Waals surface area (Å²) in [6.07, 6.45) is 1.15. The van der Waals surface area contributed by atoms with Crippen molar-refractivity contribution in [2.24, 2.45) is 0 Å². The molecule has 0 aromatic heterocycles. The molecule has 0 spiro atoms. The molecule has 1 aromatic rings. The third-order valence-electron chi connectivity index (χ3n) is 2.74. The van der Waals surface area contributed by atoms with Crippen molar-refractivity contribution < 1.29 is 4.74 Å². The van der Waals surface area contributed by atoms with Crippen LogP contribution in [0.5, 0.6) is 5.75 Å². The Morgan fingerprint density at radius 3 is 2.79 bits per heavy atom. The predicted molar refractivity (Wildman–Crippen MR) is 89.4 cm³/mol. The summed E-state index contributed by atoms with van der Waals surface area (Å²) in [4.78, 5) is 0. The Morgan fingerprint density at radius 1 is 1.32 bits per heavy atom. The molecule has 1 aromatic carbocycles. The van der Waals surface area contributed by atoms with Gasteiger partial charge >= 0.3 is 0 Å². The quantitative estimate of drug-likeness (QED) is 0.670. The summed E-state index contributed by atoms with van der Waals surface area (Å²) in [5, 5.41) is 3.44. The fourth-order valence-electron chi connectivity index (χ4n) is 1.88. The van der Waals surface area contributed by atoms with Crippen LogP contribution >= 0.6 is 27.7 Å². The second kappa shape index (κ2) is 9.67. The van der Waals surface area contributed by atoms with Gasteiger partial charge in [-0.25, -0.2) is 0 Å². The van der Waals surface area contributed by atoms with Crippen LogP contribution in [0.1, 0.15) is 31.4 Å². The highest BCUT2D eigenvalue weighted by Crippen LogP contribution is 2.28. The highest BCUT2D eigenvalue weighted by molar-refractivity contribution is 9.10. The Bertz CT molecular complexity index is 385. The molecule has 2 nitrogen and oxygen atoms in total. The number of rotatable bonds is 9. The van der Waals surface area contributed by atoms with Gasteiger partial charge in [0.25, 0.3) is 0 Å². The Balaban J connectivity index is 2.69. The van der Waals surface area contributed by atoms with Gasteiger partial charge in [-0.05, 0) is 43.3 Å². The molecule has 0 fully saturated rings. The summed E-state index contributed by atoms with van der Waals surface area (Å²) in [5.41, 5.74) is 2.44. The lowest BCUT2D eigenvalue weighted by atomic mass is 10.1. The topological polar surface area (TPSA) is 21.3 Å².